The molecule has 0 fully saturated rings. The fourth-order valence-corrected chi connectivity index (χ4v) is 14.5. The van der Waals surface area contributed by atoms with Gasteiger partial charge in [-0.05, 0) is 120 Å². The molecule has 28 nitrogen and oxygen atoms in total. The van der Waals surface area contributed by atoms with Gasteiger partial charge in [-0.3, -0.25) is 38.9 Å². The molecule has 2 aliphatic heterocycles. The minimum absolute atomic E-state index is 0. The molecule has 0 atom stereocenters. The van der Waals surface area contributed by atoms with Crippen molar-refractivity contribution in [3.05, 3.63) is 162 Å². The molecule has 662 valence electrons. The molecule has 0 radical (unpaired) electrons. The van der Waals surface area contributed by atoms with E-state index in [0.29, 0.717) is 313 Å². The standard InChI is InChI=1S/C93H115N5O22.Ag.H2O/c1-7-71(8-2)97-90(99)75-26-24-74-87-83(120-62-61-119-60-59-118-58-57-117-56-55-116-54-53-115-52-51-114-50-49-113-48-47-112-46-45-111-44-43-110-42-41-109-40-39-108-38-37-107-36-35-106-34-33-105-32-31-104-30-29-103-6)66-78-86-76(91(100)98(93(78)102)72(9-3)10-4)25-23-73(89(86)87)84-69(63-77(92(97)101)85(75)88(74)84)22-19-67-17-20-68(21-18-67)70-64-81(79-15-11-13-27-94-79)96(5)82(65-70)80-16-12-14-28-95-80;;/h11-18,20-21,23-28,63-66,71-72H,5,7-10,29-62H2,1-4,6H3;;1H2/q;+1;. The van der Waals surface area contributed by atoms with Crippen LogP contribution in [0.5, 0.6) is 5.75 Å². The zero-order valence-electron chi connectivity index (χ0n) is 70.8. The first-order valence-electron chi connectivity index (χ1n) is 41.9. The minimum atomic E-state index is -0.412. The van der Waals surface area contributed by atoms with Gasteiger partial charge in [0.15, 0.2) is 0 Å². The summed E-state index contributed by atoms with van der Waals surface area (Å²) >= 11 is 0. The number of carbonyl (C=O) groups excluding carboxylic acids is 4. The molecule has 5 heterocycles. The van der Waals surface area contributed by atoms with Crippen molar-refractivity contribution >= 4 is 66.7 Å². The molecule has 4 amide bonds. The molecule has 0 saturated carbocycles. The number of methoxy groups -OCH3 is 1. The summed E-state index contributed by atoms with van der Waals surface area (Å²) in [6, 6.07) is 34.0. The predicted molar refractivity (Wildman–Crippen MR) is 457 cm³/mol. The third-order valence-corrected chi connectivity index (χ3v) is 20.6. The third-order valence-electron chi connectivity index (χ3n) is 20.6. The Morgan fingerprint density at radius 3 is 1.00 bits per heavy atom. The molecule has 0 bridgehead atoms. The van der Waals surface area contributed by atoms with Gasteiger partial charge < -0.3 is 95.3 Å². The fourth-order valence-electron chi connectivity index (χ4n) is 14.5. The molecule has 29 heteroatoms. The maximum Gasteiger partial charge on any atom is 1.00 e. The summed E-state index contributed by atoms with van der Waals surface area (Å²) in [6.45, 7) is 22.8. The van der Waals surface area contributed by atoms with Gasteiger partial charge in [-0.1, -0.05) is 75.9 Å². The molecule has 0 spiro atoms. The van der Waals surface area contributed by atoms with Gasteiger partial charge in [0.25, 0.3) is 23.6 Å². The first kappa shape index (κ1) is 97.4. The molecule has 0 aliphatic carbocycles. The predicted octanol–water partition coefficient (Wildman–Crippen LogP) is 10.9. The van der Waals surface area contributed by atoms with Gasteiger partial charge in [0, 0.05) is 98.8 Å². The van der Waals surface area contributed by atoms with Crippen LogP contribution in [0, 0.1) is 18.9 Å². The van der Waals surface area contributed by atoms with Crippen molar-refractivity contribution < 1.29 is 137 Å². The normalized spacial score (nSPS) is 12.6. The molecular weight excluding hydrogens is 1660 g/mol. The van der Waals surface area contributed by atoms with E-state index in [9.17, 15) is 9.59 Å². The Bertz CT molecular complexity index is 4680. The van der Waals surface area contributed by atoms with Crippen LogP contribution >= 0.6 is 0 Å². The molecule has 2 N–H and O–H groups in total. The molecule has 0 saturated heterocycles. The second kappa shape index (κ2) is 53.7. The van der Waals surface area contributed by atoms with Crippen LogP contribution in [0.1, 0.15) is 106 Å². The van der Waals surface area contributed by atoms with E-state index < -0.39 is 11.8 Å². The number of hydrogen-bond donors (Lipinski definition) is 0. The van der Waals surface area contributed by atoms with E-state index in [2.05, 4.69) is 41.0 Å². The van der Waals surface area contributed by atoms with Crippen LogP contribution in [-0.2, 0) is 103 Å². The number of rotatable bonds is 61. The number of nitrogens with zero attached hydrogens (tertiary/aromatic N) is 5. The molecule has 3 aromatic heterocycles. The van der Waals surface area contributed by atoms with Gasteiger partial charge in [0.05, 0.1) is 235 Å². The summed E-state index contributed by atoms with van der Waals surface area (Å²) in [6.07, 6.45) is 5.81. The number of aromatic nitrogens is 3. The Hall–Kier alpha value is -8.40. The summed E-state index contributed by atoms with van der Waals surface area (Å²) in [5.74, 6) is 5.81. The van der Waals surface area contributed by atoms with Crippen molar-refractivity contribution in [3.8, 4) is 51.5 Å². The molecule has 122 heavy (non-hydrogen) atoms. The number of fused-ring (bicyclic) bond motifs is 2. The van der Waals surface area contributed by atoms with Crippen LogP contribution in [0.2, 0.25) is 0 Å². The van der Waals surface area contributed by atoms with E-state index in [1.807, 2.05) is 111 Å². The van der Waals surface area contributed by atoms with Crippen LogP contribution in [0.3, 0.4) is 0 Å². The van der Waals surface area contributed by atoms with Gasteiger partial charge in [-0.15, -0.1) is 0 Å². The van der Waals surface area contributed by atoms with E-state index in [1.165, 1.54) is 9.80 Å². The van der Waals surface area contributed by atoms with Gasteiger partial charge >= 0.3 is 22.4 Å². The van der Waals surface area contributed by atoms with Crippen molar-refractivity contribution in [2.75, 3.05) is 232 Å². The molecular formula is C93H117AgN5O23+. The Labute approximate surface area is 730 Å². The van der Waals surface area contributed by atoms with Crippen LogP contribution < -0.4 is 9.30 Å². The Morgan fingerprint density at radius 1 is 0.344 bits per heavy atom. The average Bonchev–Trinajstić information content (AvgIpc) is 0.679. The molecule has 11 rings (SSSR count). The number of pyridine rings is 3. The summed E-state index contributed by atoms with van der Waals surface area (Å²) in [5, 5.41) is 4.96. The van der Waals surface area contributed by atoms with E-state index in [1.54, 1.807) is 37.7 Å². The molecule has 0 unspecified atom stereocenters. The largest absolute Gasteiger partial charge is 1.00 e. The number of ether oxygens (including phenoxy) is 18. The number of amides is 4. The summed E-state index contributed by atoms with van der Waals surface area (Å²) in [7, 11) is 6.05. The van der Waals surface area contributed by atoms with Gasteiger partial charge in [-0.25, -0.2) is 0 Å². The van der Waals surface area contributed by atoms with Crippen molar-refractivity contribution in [3.63, 3.8) is 0 Å². The quantitative estimate of drug-likeness (QED) is 0.00500. The first-order valence-corrected chi connectivity index (χ1v) is 41.9. The fraction of sp³-hybridized carbons (Fsp3) is 0.484. The van der Waals surface area contributed by atoms with Gasteiger partial charge in [-0.2, -0.15) is 0 Å². The Morgan fingerprint density at radius 2 is 0.664 bits per heavy atom. The van der Waals surface area contributed by atoms with Crippen molar-refractivity contribution in [2.24, 2.45) is 0 Å². The minimum Gasteiger partial charge on any atom is -0.490 e. The zero-order chi connectivity index (χ0) is 83.9. The maximum absolute atomic E-state index is 15.2. The SMILES string of the molecule is O.[Ag+].[CH2-][n+]1c(-c2ccccn2)cc(-c2ccc(C#Cc3cc4c5c(ccc6c7c(OCCOCCOCCOCCOCCOCCOCCOCCOCCOCCOCCOCCOCCOCCOCCOCCOCCOC)cc8c9c(ccc(c3c56)c97)C(=O)N(C(CC)CC)C8=O)C(=O)N(C(CC)CC)C4=O)cc2)cc1-c1ccccn1. The van der Waals surface area contributed by atoms with Crippen molar-refractivity contribution in [1.82, 2.24) is 19.8 Å². The monoisotopic (exact) mass is 1780 g/mol. The first-order chi connectivity index (χ1) is 59.1. The van der Waals surface area contributed by atoms with E-state index >= 15 is 9.59 Å². The van der Waals surface area contributed by atoms with Gasteiger partial charge in [0.2, 0.25) is 0 Å². The Kier molecular flexibility index (Phi) is 42.9. The summed E-state index contributed by atoms with van der Waals surface area (Å²) in [4.78, 5) is 72.1. The summed E-state index contributed by atoms with van der Waals surface area (Å²) < 4.78 is 103. The smallest absolute Gasteiger partial charge is 0.490 e. The van der Waals surface area contributed by atoms with Crippen LogP contribution in [0.15, 0.2) is 122 Å². The number of carbonyl (C=O) groups is 4. The number of hydrogen-bond acceptors (Lipinski definition) is 24. The topological polar surface area (TPSA) is 302 Å². The van der Waals surface area contributed by atoms with Crippen LogP contribution in [0.4, 0.5) is 0 Å². The van der Waals surface area contributed by atoms with Crippen molar-refractivity contribution in [2.45, 2.75) is 65.5 Å². The second-order valence-electron chi connectivity index (χ2n) is 28.2. The average molecular weight is 1780 g/mol. The van der Waals surface area contributed by atoms with Crippen LogP contribution in [-0.4, -0.2) is 293 Å². The number of imide groups is 2. The molecule has 6 aromatic carbocycles. The van der Waals surface area contributed by atoms with E-state index in [-0.39, 0.29) is 71.6 Å². The number of benzene rings is 6. The van der Waals surface area contributed by atoms with E-state index in [0.717, 1.165) is 33.9 Å². The third kappa shape index (κ3) is 26.8. The Balaban J connectivity index is 0.00000845. The second-order valence-corrected chi connectivity index (χ2v) is 28.2. The van der Waals surface area contributed by atoms with Crippen molar-refractivity contribution in [1.29, 1.82) is 0 Å². The maximum atomic E-state index is 15.2. The molecule has 9 aromatic rings. The zero-order valence-corrected chi connectivity index (χ0v) is 72.3. The van der Waals surface area contributed by atoms with Gasteiger partial charge in [0.1, 0.15) is 23.7 Å². The molecule has 2 aliphatic rings. The van der Waals surface area contributed by atoms with Crippen LogP contribution in [0.25, 0.3) is 77.0 Å². The summed E-state index contributed by atoms with van der Waals surface area (Å²) in [5.41, 5.74) is 7.69. The van der Waals surface area contributed by atoms with E-state index in [4.69, 9.17) is 85.3 Å².